The maximum absolute atomic E-state index is 11.3. The zero-order chi connectivity index (χ0) is 14.3. The summed E-state index contributed by atoms with van der Waals surface area (Å²) >= 11 is 6.12. The Morgan fingerprint density at radius 1 is 1.20 bits per heavy atom. The summed E-state index contributed by atoms with van der Waals surface area (Å²) in [4.78, 5) is 15.4. The van der Waals surface area contributed by atoms with Gasteiger partial charge in [-0.3, -0.25) is 4.40 Å². The summed E-state index contributed by atoms with van der Waals surface area (Å²) in [5.41, 5.74) is 0.537. The molecule has 6 heteroatoms. The molecule has 1 aromatic carbocycles. The molecule has 0 atom stereocenters. The van der Waals surface area contributed by atoms with Crippen molar-refractivity contribution < 1.29 is 15.0 Å². The number of halogens is 1. The molecule has 3 aromatic rings. The van der Waals surface area contributed by atoms with E-state index in [2.05, 4.69) is 4.98 Å². The smallest absolute Gasteiger partial charge is 0.356 e. The van der Waals surface area contributed by atoms with Crippen molar-refractivity contribution in [2.45, 2.75) is 0 Å². The molecule has 0 bridgehead atoms. The first-order valence-corrected chi connectivity index (χ1v) is 6.15. The topological polar surface area (TPSA) is 74.8 Å². The van der Waals surface area contributed by atoms with Crippen molar-refractivity contribution in [3.63, 3.8) is 0 Å². The van der Waals surface area contributed by atoms with Gasteiger partial charge in [0.1, 0.15) is 17.1 Å². The highest BCUT2D eigenvalue weighted by atomic mass is 35.5. The number of hydrogen-bond donors (Lipinski definition) is 2. The molecule has 0 aliphatic carbocycles. The van der Waals surface area contributed by atoms with Crippen LogP contribution in [-0.4, -0.2) is 25.6 Å². The third-order valence-corrected chi connectivity index (χ3v) is 3.29. The Labute approximate surface area is 118 Å². The van der Waals surface area contributed by atoms with Gasteiger partial charge in [-0.15, -0.1) is 0 Å². The van der Waals surface area contributed by atoms with E-state index >= 15 is 0 Å². The molecule has 0 radical (unpaired) electrons. The van der Waals surface area contributed by atoms with Crippen LogP contribution in [0.5, 0.6) is 5.75 Å². The Morgan fingerprint density at radius 2 is 1.95 bits per heavy atom. The lowest BCUT2D eigenvalue weighted by atomic mass is 10.2. The molecule has 0 spiro atoms. The van der Waals surface area contributed by atoms with Crippen LogP contribution in [0.15, 0.2) is 42.6 Å². The first-order valence-electron chi connectivity index (χ1n) is 5.78. The molecule has 2 aromatic heterocycles. The predicted molar refractivity (Wildman–Crippen MR) is 74.3 cm³/mol. The number of aromatic nitrogens is 2. The largest absolute Gasteiger partial charge is 0.506 e. The van der Waals surface area contributed by atoms with Gasteiger partial charge in [-0.05, 0) is 24.3 Å². The number of fused-ring (bicyclic) bond motifs is 1. The summed E-state index contributed by atoms with van der Waals surface area (Å²) in [6.45, 7) is 0. The zero-order valence-corrected chi connectivity index (χ0v) is 10.9. The second-order valence-corrected chi connectivity index (χ2v) is 4.59. The molecule has 0 amide bonds. The van der Waals surface area contributed by atoms with Crippen molar-refractivity contribution in [1.29, 1.82) is 0 Å². The van der Waals surface area contributed by atoms with Gasteiger partial charge in [-0.25, -0.2) is 9.78 Å². The van der Waals surface area contributed by atoms with Gasteiger partial charge >= 0.3 is 5.97 Å². The molecule has 2 heterocycles. The fourth-order valence-electron chi connectivity index (χ4n) is 2.10. The fraction of sp³-hybridized carbons (Fsp3) is 0. The number of carboxylic acids is 1. The summed E-state index contributed by atoms with van der Waals surface area (Å²) in [5.74, 6) is -0.975. The standard InChI is InChI=1S/C14H9ClN2O3/c15-9-5-2-1-4-8(9)13-16-11(14(19)20)12-10(18)6-3-7-17(12)13/h1-7,18H,(H,19,20). The lowest BCUT2D eigenvalue weighted by Crippen LogP contribution is -1.97. The Morgan fingerprint density at radius 3 is 2.65 bits per heavy atom. The number of aromatic carboxylic acids is 1. The van der Waals surface area contributed by atoms with E-state index in [9.17, 15) is 15.0 Å². The minimum atomic E-state index is -1.21. The van der Waals surface area contributed by atoms with Crippen molar-refractivity contribution >= 4 is 23.1 Å². The summed E-state index contributed by atoms with van der Waals surface area (Å²) in [7, 11) is 0. The molecule has 0 saturated heterocycles. The molecule has 0 aliphatic rings. The van der Waals surface area contributed by atoms with Gasteiger partial charge in [0, 0.05) is 11.8 Å². The Hall–Kier alpha value is -2.53. The maximum atomic E-state index is 11.3. The Balaban J connectivity index is 2.41. The molecule has 0 unspecified atom stereocenters. The van der Waals surface area contributed by atoms with Gasteiger partial charge in [0.2, 0.25) is 0 Å². The Kier molecular flexibility index (Phi) is 2.84. The van der Waals surface area contributed by atoms with E-state index < -0.39 is 5.97 Å². The Bertz CT molecular complexity index is 826. The van der Waals surface area contributed by atoms with Crippen LogP contribution in [0.3, 0.4) is 0 Å². The fourth-order valence-corrected chi connectivity index (χ4v) is 2.32. The molecular weight excluding hydrogens is 280 g/mol. The second kappa shape index (κ2) is 4.54. The number of hydrogen-bond acceptors (Lipinski definition) is 3. The van der Waals surface area contributed by atoms with E-state index in [1.807, 2.05) is 0 Å². The minimum absolute atomic E-state index is 0.143. The third-order valence-electron chi connectivity index (χ3n) is 2.96. The first kappa shape index (κ1) is 12.5. The summed E-state index contributed by atoms with van der Waals surface area (Å²) in [6.07, 6.45) is 1.63. The monoisotopic (exact) mass is 288 g/mol. The molecule has 0 aliphatic heterocycles. The molecule has 3 rings (SSSR count). The van der Waals surface area contributed by atoms with Crippen LogP contribution in [0.4, 0.5) is 0 Å². The zero-order valence-electron chi connectivity index (χ0n) is 10.1. The van der Waals surface area contributed by atoms with Crippen molar-refractivity contribution in [1.82, 2.24) is 9.38 Å². The van der Waals surface area contributed by atoms with E-state index in [0.29, 0.717) is 16.4 Å². The molecule has 100 valence electrons. The first-order chi connectivity index (χ1) is 9.59. The summed E-state index contributed by atoms with van der Waals surface area (Å²) < 4.78 is 1.51. The number of aromatic hydroxyl groups is 1. The van der Waals surface area contributed by atoms with Gasteiger partial charge in [-0.1, -0.05) is 23.7 Å². The van der Waals surface area contributed by atoms with E-state index in [4.69, 9.17) is 11.6 Å². The van der Waals surface area contributed by atoms with Crippen molar-refractivity contribution in [3.05, 3.63) is 53.3 Å². The highest BCUT2D eigenvalue weighted by Gasteiger charge is 2.21. The minimum Gasteiger partial charge on any atom is -0.506 e. The van der Waals surface area contributed by atoms with Gasteiger partial charge < -0.3 is 10.2 Å². The van der Waals surface area contributed by atoms with Crippen molar-refractivity contribution in [2.75, 3.05) is 0 Å². The second-order valence-electron chi connectivity index (χ2n) is 4.18. The van der Waals surface area contributed by atoms with E-state index in [1.54, 1.807) is 36.5 Å². The predicted octanol–water partition coefficient (Wildman–Crippen LogP) is 3.06. The van der Waals surface area contributed by atoms with E-state index in [0.717, 1.165) is 0 Å². The van der Waals surface area contributed by atoms with Crippen LogP contribution in [0.2, 0.25) is 5.02 Å². The van der Waals surface area contributed by atoms with Crippen molar-refractivity contribution in [3.8, 4) is 17.1 Å². The van der Waals surface area contributed by atoms with Gasteiger partial charge in [0.15, 0.2) is 5.69 Å². The highest BCUT2D eigenvalue weighted by Crippen LogP contribution is 2.31. The number of nitrogens with zero attached hydrogens (tertiary/aromatic N) is 2. The van der Waals surface area contributed by atoms with Gasteiger partial charge in [0.25, 0.3) is 0 Å². The molecule has 20 heavy (non-hydrogen) atoms. The SMILES string of the molecule is O=C(O)c1nc(-c2ccccc2Cl)n2cccc(O)c12. The molecule has 0 fully saturated rings. The lowest BCUT2D eigenvalue weighted by molar-refractivity contribution is 0.0693. The number of carboxylic acid groups (broad SMARTS) is 1. The number of carbonyl (C=O) groups is 1. The van der Waals surface area contributed by atoms with Gasteiger partial charge in [-0.2, -0.15) is 0 Å². The number of pyridine rings is 1. The van der Waals surface area contributed by atoms with Gasteiger partial charge in [0.05, 0.1) is 5.02 Å². The number of rotatable bonds is 2. The van der Waals surface area contributed by atoms with Crippen LogP contribution in [0, 0.1) is 0 Å². The van der Waals surface area contributed by atoms with E-state index in [1.165, 1.54) is 10.5 Å². The summed E-state index contributed by atoms with van der Waals surface area (Å²) in [6, 6.07) is 10.0. The number of imidazole rings is 1. The average Bonchev–Trinajstić information content (AvgIpc) is 2.80. The lowest BCUT2D eigenvalue weighted by Gasteiger charge is -2.03. The molecule has 5 nitrogen and oxygen atoms in total. The van der Waals surface area contributed by atoms with Crippen LogP contribution in [0.25, 0.3) is 16.9 Å². The maximum Gasteiger partial charge on any atom is 0.356 e. The molecular formula is C14H9ClN2O3. The average molecular weight is 289 g/mol. The molecule has 0 saturated carbocycles. The third kappa shape index (κ3) is 1.80. The quantitative estimate of drug-likeness (QED) is 0.760. The number of benzene rings is 1. The van der Waals surface area contributed by atoms with Crippen LogP contribution in [0.1, 0.15) is 10.5 Å². The van der Waals surface area contributed by atoms with Crippen LogP contribution < -0.4 is 0 Å². The highest BCUT2D eigenvalue weighted by molar-refractivity contribution is 6.33. The summed E-state index contributed by atoms with van der Waals surface area (Å²) in [5, 5.41) is 19.5. The normalized spacial score (nSPS) is 10.8. The van der Waals surface area contributed by atoms with E-state index in [-0.39, 0.29) is 17.0 Å². The van der Waals surface area contributed by atoms with Crippen LogP contribution >= 0.6 is 11.6 Å². The van der Waals surface area contributed by atoms with Crippen LogP contribution in [-0.2, 0) is 0 Å². The van der Waals surface area contributed by atoms with Crippen molar-refractivity contribution in [2.24, 2.45) is 0 Å². The molecule has 2 N–H and O–H groups in total.